The molecule has 0 aliphatic heterocycles. The number of thioether (sulfide) groups is 1. The largest absolute Gasteiger partial charge is 0.121 e. The van der Waals surface area contributed by atoms with Crippen molar-refractivity contribution in [3.8, 4) is 0 Å². The van der Waals surface area contributed by atoms with Gasteiger partial charge in [0.2, 0.25) is 0 Å². The summed E-state index contributed by atoms with van der Waals surface area (Å²) in [6.45, 7) is 2.12. The Balaban J connectivity index is 2.10. The molecule has 2 aromatic rings. The van der Waals surface area contributed by atoms with Crippen LogP contribution in [0.1, 0.15) is 11.1 Å². The number of rotatable bonds is 3. The highest BCUT2D eigenvalue weighted by molar-refractivity contribution is 7.98. The van der Waals surface area contributed by atoms with Gasteiger partial charge in [0.1, 0.15) is 0 Å². The molecule has 0 aliphatic carbocycles. The Kier molecular flexibility index (Phi) is 4.38. The second-order valence-corrected chi connectivity index (χ2v) is 5.65. The van der Waals surface area contributed by atoms with Crippen molar-refractivity contribution in [2.24, 2.45) is 0 Å². The molecule has 0 spiro atoms. The van der Waals surface area contributed by atoms with Gasteiger partial charge in [-0.05, 0) is 36.2 Å². The van der Waals surface area contributed by atoms with Crippen LogP contribution in [0.5, 0.6) is 0 Å². The Morgan fingerprint density at radius 2 is 1.82 bits per heavy atom. The summed E-state index contributed by atoms with van der Waals surface area (Å²) < 4.78 is 0. The molecule has 0 unspecified atom stereocenters. The first-order chi connectivity index (χ1) is 8.16. The first kappa shape index (κ1) is 12.8. The number of hydrogen-bond acceptors (Lipinski definition) is 1. The summed E-state index contributed by atoms with van der Waals surface area (Å²) in [6.07, 6.45) is 0. The van der Waals surface area contributed by atoms with E-state index in [9.17, 15) is 0 Å². The van der Waals surface area contributed by atoms with E-state index in [1.807, 2.05) is 12.1 Å². The van der Waals surface area contributed by atoms with Crippen LogP contribution < -0.4 is 0 Å². The molecule has 3 heteroatoms. The Morgan fingerprint density at radius 1 is 1.06 bits per heavy atom. The highest BCUT2D eigenvalue weighted by Gasteiger charge is 2.03. The fourth-order valence-corrected chi connectivity index (χ4v) is 3.10. The molecule has 0 N–H and O–H groups in total. The van der Waals surface area contributed by atoms with Crippen molar-refractivity contribution in [2.75, 3.05) is 0 Å². The van der Waals surface area contributed by atoms with Crippen molar-refractivity contribution < 1.29 is 0 Å². The van der Waals surface area contributed by atoms with E-state index in [2.05, 4.69) is 31.2 Å². The van der Waals surface area contributed by atoms with Crippen molar-refractivity contribution in [3.05, 3.63) is 63.6 Å². The summed E-state index contributed by atoms with van der Waals surface area (Å²) in [5, 5.41) is 1.42. The van der Waals surface area contributed by atoms with Crippen LogP contribution in [0.4, 0.5) is 0 Å². The van der Waals surface area contributed by atoms with E-state index in [1.54, 1.807) is 17.8 Å². The van der Waals surface area contributed by atoms with E-state index in [-0.39, 0.29) is 0 Å². The Hall–Kier alpha value is -0.630. The quantitative estimate of drug-likeness (QED) is 0.661. The van der Waals surface area contributed by atoms with Gasteiger partial charge in [0.25, 0.3) is 0 Å². The van der Waals surface area contributed by atoms with Gasteiger partial charge in [-0.3, -0.25) is 0 Å². The van der Waals surface area contributed by atoms with Gasteiger partial charge >= 0.3 is 0 Å². The van der Waals surface area contributed by atoms with Crippen LogP contribution >= 0.6 is 35.0 Å². The predicted octanol–water partition coefficient (Wildman–Crippen LogP) is 5.59. The molecular formula is C14H12Cl2S. The molecule has 2 rings (SSSR count). The topological polar surface area (TPSA) is 0 Å². The molecule has 0 saturated carbocycles. The maximum Gasteiger partial charge on any atom is 0.0461 e. The maximum atomic E-state index is 6.14. The Morgan fingerprint density at radius 3 is 2.53 bits per heavy atom. The lowest BCUT2D eigenvalue weighted by Crippen LogP contribution is -1.84. The molecule has 0 fully saturated rings. The van der Waals surface area contributed by atoms with Crippen LogP contribution in [-0.4, -0.2) is 0 Å². The van der Waals surface area contributed by atoms with Gasteiger partial charge in [0, 0.05) is 20.7 Å². The van der Waals surface area contributed by atoms with Crippen molar-refractivity contribution in [2.45, 2.75) is 17.6 Å². The Bertz CT molecular complexity index is 523. The van der Waals surface area contributed by atoms with E-state index in [4.69, 9.17) is 23.2 Å². The average Bonchev–Trinajstić information content (AvgIpc) is 2.30. The van der Waals surface area contributed by atoms with Crippen LogP contribution in [0.3, 0.4) is 0 Å². The second kappa shape index (κ2) is 5.81. The predicted molar refractivity (Wildman–Crippen MR) is 77.2 cm³/mol. The average molecular weight is 283 g/mol. The highest BCUT2D eigenvalue weighted by Crippen LogP contribution is 2.29. The molecule has 0 aliphatic rings. The minimum Gasteiger partial charge on any atom is -0.121 e. The van der Waals surface area contributed by atoms with Crippen LogP contribution in [0.2, 0.25) is 10.0 Å². The molecule has 0 atom stereocenters. The Labute approximate surface area is 116 Å². The summed E-state index contributed by atoms with van der Waals surface area (Å²) in [6, 6.07) is 14.0. The molecule has 0 bridgehead atoms. The molecule has 88 valence electrons. The first-order valence-electron chi connectivity index (χ1n) is 5.29. The van der Waals surface area contributed by atoms with Crippen LogP contribution in [0.15, 0.2) is 47.4 Å². The zero-order chi connectivity index (χ0) is 12.3. The molecule has 2 aromatic carbocycles. The van der Waals surface area contributed by atoms with Crippen molar-refractivity contribution in [1.29, 1.82) is 0 Å². The summed E-state index contributed by atoms with van der Waals surface area (Å²) in [5.41, 5.74) is 2.41. The maximum absolute atomic E-state index is 6.14. The molecule has 0 aromatic heterocycles. The van der Waals surface area contributed by atoms with E-state index in [1.165, 1.54) is 10.5 Å². The van der Waals surface area contributed by atoms with Crippen molar-refractivity contribution >= 4 is 35.0 Å². The third-order valence-electron chi connectivity index (χ3n) is 2.49. The third kappa shape index (κ3) is 3.41. The first-order valence-corrected chi connectivity index (χ1v) is 7.03. The van der Waals surface area contributed by atoms with E-state index < -0.39 is 0 Å². The summed E-state index contributed by atoms with van der Waals surface area (Å²) in [4.78, 5) is 1.29. The fourth-order valence-electron chi connectivity index (χ4n) is 1.51. The number of halogens is 2. The SMILES string of the molecule is Cc1ccccc1SCc1ccc(Cl)cc1Cl. The van der Waals surface area contributed by atoms with E-state index in [0.29, 0.717) is 5.02 Å². The van der Waals surface area contributed by atoms with Gasteiger partial charge in [-0.1, -0.05) is 47.5 Å². The number of benzene rings is 2. The zero-order valence-electron chi connectivity index (χ0n) is 9.41. The molecule has 17 heavy (non-hydrogen) atoms. The monoisotopic (exact) mass is 282 g/mol. The minimum absolute atomic E-state index is 0.680. The summed E-state index contributed by atoms with van der Waals surface area (Å²) >= 11 is 13.8. The normalized spacial score (nSPS) is 10.5. The number of aryl methyl sites for hydroxylation is 1. The minimum atomic E-state index is 0.680. The third-order valence-corrected chi connectivity index (χ3v) is 4.30. The fraction of sp³-hybridized carbons (Fsp3) is 0.143. The smallest absolute Gasteiger partial charge is 0.0461 e. The van der Waals surface area contributed by atoms with E-state index in [0.717, 1.165) is 16.3 Å². The summed E-state index contributed by atoms with van der Waals surface area (Å²) in [5.74, 6) is 0.862. The van der Waals surface area contributed by atoms with E-state index >= 15 is 0 Å². The standard InChI is InChI=1S/C14H12Cl2S/c1-10-4-2-3-5-14(10)17-9-11-6-7-12(15)8-13(11)16/h2-8H,9H2,1H3. The lowest BCUT2D eigenvalue weighted by atomic mass is 10.2. The van der Waals surface area contributed by atoms with Gasteiger partial charge in [-0.15, -0.1) is 11.8 Å². The molecule has 0 amide bonds. The summed E-state index contributed by atoms with van der Waals surface area (Å²) in [7, 11) is 0. The van der Waals surface area contributed by atoms with Crippen molar-refractivity contribution in [1.82, 2.24) is 0 Å². The van der Waals surface area contributed by atoms with Crippen molar-refractivity contribution in [3.63, 3.8) is 0 Å². The van der Waals surface area contributed by atoms with Gasteiger partial charge in [0.15, 0.2) is 0 Å². The number of hydrogen-bond donors (Lipinski definition) is 0. The highest BCUT2D eigenvalue weighted by atomic mass is 35.5. The van der Waals surface area contributed by atoms with Gasteiger partial charge in [-0.25, -0.2) is 0 Å². The van der Waals surface area contributed by atoms with Crippen LogP contribution in [-0.2, 0) is 5.75 Å². The van der Waals surface area contributed by atoms with Crippen LogP contribution in [0.25, 0.3) is 0 Å². The van der Waals surface area contributed by atoms with Gasteiger partial charge in [0.05, 0.1) is 0 Å². The van der Waals surface area contributed by atoms with Gasteiger partial charge in [-0.2, -0.15) is 0 Å². The molecular weight excluding hydrogens is 271 g/mol. The molecule has 0 nitrogen and oxygen atoms in total. The second-order valence-electron chi connectivity index (χ2n) is 3.79. The zero-order valence-corrected chi connectivity index (χ0v) is 11.7. The van der Waals surface area contributed by atoms with Gasteiger partial charge < -0.3 is 0 Å². The molecule has 0 saturated heterocycles. The molecule has 0 radical (unpaired) electrons. The lowest BCUT2D eigenvalue weighted by Gasteiger charge is -2.07. The molecule has 0 heterocycles. The van der Waals surface area contributed by atoms with Crippen LogP contribution in [0, 0.1) is 6.92 Å². The lowest BCUT2D eigenvalue weighted by molar-refractivity contribution is 1.29.